The third-order valence-corrected chi connectivity index (χ3v) is 11.2. The first-order chi connectivity index (χ1) is 18.8. The molecule has 5 heterocycles. The Kier molecular flexibility index (Phi) is 5.40. The number of ether oxygens (including phenoxy) is 5. The highest BCUT2D eigenvalue weighted by Gasteiger charge is 2.80. The average Bonchev–Trinajstić information content (AvgIpc) is 3.36. The van der Waals surface area contributed by atoms with E-state index >= 15 is 0 Å². The molecule has 216 valence electrons. The van der Waals surface area contributed by atoms with Crippen LogP contribution in [0.2, 0.25) is 0 Å². The number of hydrogen-bond donors (Lipinski definition) is 0. The Morgan fingerprint density at radius 1 is 1.05 bits per heavy atom. The fourth-order valence-electron chi connectivity index (χ4n) is 9.39. The molecule has 0 N–H and O–H groups in total. The predicted octanol–water partition coefficient (Wildman–Crippen LogP) is 3.38. The van der Waals surface area contributed by atoms with Gasteiger partial charge in [0.15, 0.2) is 0 Å². The molecular formula is C31H38O9. The number of carbonyl (C=O) groups is 4. The van der Waals surface area contributed by atoms with E-state index in [4.69, 9.17) is 23.7 Å². The van der Waals surface area contributed by atoms with E-state index in [0.717, 1.165) is 11.1 Å². The zero-order chi connectivity index (χ0) is 28.6. The summed E-state index contributed by atoms with van der Waals surface area (Å²) in [5.41, 5.74) is 0.0910. The summed E-state index contributed by atoms with van der Waals surface area (Å²) < 4.78 is 31.2. The van der Waals surface area contributed by atoms with Gasteiger partial charge in [-0.1, -0.05) is 19.9 Å². The van der Waals surface area contributed by atoms with Crippen LogP contribution in [0.1, 0.15) is 73.6 Å². The molecule has 7 rings (SSSR count). The van der Waals surface area contributed by atoms with Crippen LogP contribution in [0.3, 0.4) is 0 Å². The lowest BCUT2D eigenvalue weighted by atomic mass is 9.62. The van der Waals surface area contributed by atoms with Crippen molar-refractivity contribution in [3.63, 3.8) is 0 Å². The summed E-state index contributed by atoms with van der Waals surface area (Å²) in [6, 6.07) is 0. The largest absolute Gasteiger partial charge is 0.466 e. The molecule has 0 unspecified atom stereocenters. The van der Waals surface area contributed by atoms with Gasteiger partial charge in [0.05, 0.1) is 30.7 Å². The minimum absolute atomic E-state index is 0.0756. The molecule has 0 aromatic heterocycles. The van der Waals surface area contributed by atoms with E-state index in [1.807, 2.05) is 33.8 Å². The Labute approximate surface area is 233 Å². The maximum Gasteiger partial charge on any atom is 0.311 e. The van der Waals surface area contributed by atoms with Crippen LogP contribution in [0.4, 0.5) is 0 Å². The van der Waals surface area contributed by atoms with Crippen molar-refractivity contribution in [3.8, 4) is 0 Å². The molecule has 0 aromatic rings. The monoisotopic (exact) mass is 554 g/mol. The molecule has 5 fully saturated rings. The average molecular weight is 555 g/mol. The molecule has 5 aliphatic heterocycles. The van der Waals surface area contributed by atoms with Crippen LogP contribution in [0.5, 0.6) is 0 Å². The SMILES string of the molecule is CCOC(=O)C[C@@H]1OC(C)(C)C2=C1C[C@]13CC[C@]4(C)C(=O)[C@@H](C)[C@@H]5[C@H]6OC(=O)[C@@H](C)[C@H]6O[C@@](O1)(C(=O)C3=CC2)[C@@H]54. The van der Waals surface area contributed by atoms with Crippen LogP contribution in [0, 0.1) is 29.1 Å². The predicted molar refractivity (Wildman–Crippen MR) is 139 cm³/mol. The molecule has 0 radical (unpaired) electrons. The molecule has 4 saturated heterocycles. The van der Waals surface area contributed by atoms with E-state index in [0.29, 0.717) is 31.3 Å². The standard InChI is InChI=1S/C31H38O9/c1-7-36-20(32)12-19-16-13-30-11-10-29(6)24-21(14(2)25(29)33)23-22(15(3)27(35)37-23)39-31(24,40-30)26(34)18(30)9-8-17(16)28(4,5)38-19/h9,14-15,19,21-24H,7-8,10-13H2,1-6H3/t14-,15-,19-,21+,22+,23+,24-,29-,30-,31-/m0/s1. The molecule has 0 amide bonds. The molecule has 40 heavy (non-hydrogen) atoms. The van der Waals surface area contributed by atoms with Crippen molar-refractivity contribution in [1.29, 1.82) is 0 Å². The molecular weight excluding hydrogens is 516 g/mol. The van der Waals surface area contributed by atoms with E-state index in [1.165, 1.54) is 0 Å². The van der Waals surface area contributed by atoms with Crippen LogP contribution in [-0.2, 0) is 42.9 Å². The van der Waals surface area contributed by atoms with Crippen LogP contribution >= 0.6 is 0 Å². The van der Waals surface area contributed by atoms with Crippen molar-refractivity contribution in [1.82, 2.24) is 0 Å². The Morgan fingerprint density at radius 2 is 1.80 bits per heavy atom. The van der Waals surface area contributed by atoms with Crippen molar-refractivity contribution < 1.29 is 42.9 Å². The zero-order valence-corrected chi connectivity index (χ0v) is 24.0. The number of Topliss-reactive ketones (excluding diaryl/α,β-unsaturated/α-hetero) is 2. The minimum atomic E-state index is -1.67. The van der Waals surface area contributed by atoms with E-state index in [9.17, 15) is 19.2 Å². The summed E-state index contributed by atoms with van der Waals surface area (Å²) in [5.74, 6) is -4.43. The summed E-state index contributed by atoms with van der Waals surface area (Å²) >= 11 is 0. The normalized spacial score (nSPS) is 48.0. The van der Waals surface area contributed by atoms with Gasteiger partial charge in [0.2, 0.25) is 11.6 Å². The molecule has 2 spiro atoms. The van der Waals surface area contributed by atoms with Crippen LogP contribution in [0.25, 0.3) is 0 Å². The van der Waals surface area contributed by atoms with E-state index in [2.05, 4.69) is 0 Å². The summed E-state index contributed by atoms with van der Waals surface area (Å²) in [5, 5.41) is 0. The van der Waals surface area contributed by atoms with Crippen molar-refractivity contribution in [2.75, 3.05) is 6.61 Å². The summed E-state index contributed by atoms with van der Waals surface area (Å²) in [7, 11) is 0. The van der Waals surface area contributed by atoms with Crippen molar-refractivity contribution in [3.05, 3.63) is 22.8 Å². The lowest BCUT2D eigenvalue weighted by Gasteiger charge is -2.49. The lowest BCUT2D eigenvalue weighted by molar-refractivity contribution is -0.326. The van der Waals surface area contributed by atoms with Gasteiger partial charge in [-0.25, -0.2) is 0 Å². The second-order valence-corrected chi connectivity index (χ2v) is 13.6. The van der Waals surface area contributed by atoms with Gasteiger partial charge in [0.1, 0.15) is 23.6 Å². The maximum absolute atomic E-state index is 14.7. The molecule has 9 nitrogen and oxygen atoms in total. The van der Waals surface area contributed by atoms with Crippen LogP contribution in [0.15, 0.2) is 22.8 Å². The topological polar surface area (TPSA) is 114 Å². The first-order valence-corrected chi connectivity index (χ1v) is 14.7. The summed E-state index contributed by atoms with van der Waals surface area (Å²) in [6.45, 7) is 11.6. The number of fused-ring (bicyclic) bond motifs is 2. The highest BCUT2D eigenvalue weighted by Crippen LogP contribution is 2.69. The molecule has 1 saturated carbocycles. The number of ketones is 2. The van der Waals surface area contributed by atoms with Crippen LogP contribution in [-0.4, -0.2) is 65.4 Å². The number of allylic oxidation sites excluding steroid dienone is 1. The van der Waals surface area contributed by atoms with Crippen molar-refractivity contribution >= 4 is 23.5 Å². The summed E-state index contributed by atoms with van der Waals surface area (Å²) in [6.07, 6.45) is 2.13. The number of esters is 2. The second kappa shape index (κ2) is 8.13. The molecule has 10 atom stereocenters. The highest BCUT2D eigenvalue weighted by molar-refractivity contribution is 6.07. The second-order valence-electron chi connectivity index (χ2n) is 13.6. The third-order valence-electron chi connectivity index (χ3n) is 11.2. The van der Waals surface area contributed by atoms with Gasteiger partial charge in [-0.3, -0.25) is 19.2 Å². The smallest absolute Gasteiger partial charge is 0.311 e. The van der Waals surface area contributed by atoms with Gasteiger partial charge in [0.25, 0.3) is 0 Å². The molecule has 2 bridgehead atoms. The van der Waals surface area contributed by atoms with Gasteiger partial charge in [0, 0.05) is 35.2 Å². The Bertz CT molecular complexity index is 1310. The van der Waals surface area contributed by atoms with Gasteiger partial charge in [-0.2, -0.15) is 0 Å². The van der Waals surface area contributed by atoms with Gasteiger partial charge in [-0.05, 0) is 58.1 Å². The van der Waals surface area contributed by atoms with Crippen LogP contribution < -0.4 is 0 Å². The first kappa shape index (κ1) is 26.5. The molecule has 0 aromatic carbocycles. The number of carbonyl (C=O) groups excluding carboxylic acids is 4. The number of rotatable bonds is 3. The lowest BCUT2D eigenvalue weighted by Crippen LogP contribution is -2.63. The van der Waals surface area contributed by atoms with Crippen molar-refractivity contribution in [2.45, 2.75) is 109 Å². The van der Waals surface area contributed by atoms with Gasteiger partial charge < -0.3 is 23.7 Å². The Morgan fingerprint density at radius 3 is 2.52 bits per heavy atom. The quantitative estimate of drug-likeness (QED) is 0.383. The highest BCUT2D eigenvalue weighted by atomic mass is 16.7. The van der Waals surface area contributed by atoms with Crippen molar-refractivity contribution in [2.24, 2.45) is 29.1 Å². The Balaban J connectivity index is 1.35. The van der Waals surface area contributed by atoms with E-state index in [-0.39, 0.29) is 42.5 Å². The fraction of sp³-hybridized carbons (Fsp3) is 0.742. The maximum atomic E-state index is 14.7. The molecule has 2 aliphatic carbocycles. The van der Waals surface area contributed by atoms with E-state index in [1.54, 1.807) is 13.8 Å². The van der Waals surface area contributed by atoms with Gasteiger partial charge in [-0.15, -0.1) is 0 Å². The van der Waals surface area contributed by atoms with Gasteiger partial charge >= 0.3 is 11.9 Å². The third kappa shape index (κ3) is 3.09. The molecule has 7 aliphatic rings. The number of hydrogen-bond acceptors (Lipinski definition) is 9. The first-order valence-electron chi connectivity index (χ1n) is 14.7. The summed E-state index contributed by atoms with van der Waals surface area (Å²) in [4.78, 5) is 53.9. The van der Waals surface area contributed by atoms with E-state index < -0.39 is 58.5 Å². The Hall–Kier alpha value is -2.36. The molecule has 9 heteroatoms. The minimum Gasteiger partial charge on any atom is -0.466 e. The zero-order valence-electron chi connectivity index (χ0n) is 24.0. The fourth-order valence-corrected chi connectivity index (χ4v) is 9.39.